The van der Waals surface area contributed by atoms with Gasteiger partial charge in [-0.15, -0.1) is 5.10 Å². The van der Waals surface area contributed by atoms with Crippen molar-refractivity contribution in [2.45, 2.75) is 52.6 Å². The second-order valence-corrected chi connectivity index (χ2v) is 8.78. The molecule has 1 aliphatic rings. The smallest absolute Gasteiger partial charge is 0.341 e. The third kappa shape index (κ3) is 5.32. The first-order chi connectivity index (χ1) is 13.0. The highest BCUT2D eigenvalue weighted by Crippen LogP contribution is 2.48. The molecule has 2 heterocycles. The van der Waals surface area contributed by atoms with Crippen molar-refractivity contribution in [3.8, 4) is 11.7 Å². The van der Waals surface area contributed by atoms with Crippen molar-refractivity contribution in [3.63, 3.8) is 0 Å². The number of hydrogen-bond donors (Lipinski definition) is 0. The Bertz CT molecular complexity index is 897. The topological polar surface area (TPSA) is 83.3 Å². The van der Waals surface area contributed by atoms with E-state index in [0.29, 0.717) is 18.1 Å². The summed E-state index contributed by atoms with van der Waals surface area (Å²) < 4.78 is 12.2. The summed E-state index contributed by atoms with van der Waals surface area (Å²) in [6.07, 6.45) is 4.38. The Hall–Kier alpha value is -2.41. The van der Waals surface area contributed by atoms with Gasteiger partial charge in [0.2, 0.25) is 5.88 Å². The van der Waals surface area contributed by atoms with Crippen LogP contribution in [-0.4, -0.2) is 38.7 Å². The van der Waals surface area contributed by atoms with Gasteiger partial charge < -0.3 is 9.47 Å². The lowest BCUT2D eigenvalue weighted by Gasteiger charge is -2.19. The zero-order valence-electron chi connectivity index (χ0n) is 16.5. The quantitative estimate of drug-likeness (QED) is 0.511. The van der Waals surface area contributed by atoms with Crippen LogP contribution in [0, 0.1) is 5.41 Å². The van der Waals surface area contributed by atoms with Crippen molar-refractivity contribution in [2.75, 3.05) is 6.61 Å². The number of halogens is 1. The van der Waals surface area contributed by atoms with Crippen LogP contribution in [0.5, 0.6) is 5.88 Å². The molecule has 2 aromatic rings. The van der Waals surface area contributed by atoms with Crippen LogP contribution in [0.25, 0.3) is 5.82 Å². The van der Waals surface area contributed by atoms with Gasteiger partial charge in [-0.1, -0.05) is 18.5 Å². The highest BCUT2D eigenvalue weighted by Gasteiger charge is 2.39. The fourth-order valence-electron chi connectivity index (χ4n) is 2.62. The van der Waals surface area contributed by atoms with E-state index >= 15 is 0 Å². The van der Waals surface area contributed by atoms with Crippen molar-refractivity contribution in [2.24, 2.45) is 5.41 Å². The molecule has 0 radical (unpaired) electrons. The minimum absolute atomic E-state index is 0.00162. The van der Waals surface area contributed by atoms with Gasteiger partial charge in [0.25, 0.3) is 0 Å². The molecule has 3 rings (SSSR count). The second-order valence-electron chi connectivity index (χ2n) is 8.42. The van der Waals surface area contributed by atoms with E-state index in [1.807, 2.05) is 0 Å². The normalized spacial score (nSPS) is 15.2. The molecule has 0 saturated heterocycles. The first-order valence-corrected chi connectivity index (χ1v) is 9.53. The van der Waals surface area contributed by atoms with Crippen LogP contribution in [0.2, 0.25) is 5.15 Å². The largest absolute Gasteiger partial charge is 0.469 e. The average Bonchev–Trinajstić information content (AvgIpc) is 3.12. The maximum absolute atomic E-state index is 12.2. The van der Waals surface area contributed by atoms with E-state index in [9.17, 15) is 9.59 Å². The minimum atomic E-state index is -0.623. The number of hydrogen-bond acceptors (Lipinski definition) is 6. The fourth-order valence-corrected chi connectivity index (χ4v) is 2.85. The predicted molar refractivity (Wildman–Crippen MR) is 104 cm³/mol. The van der Waals surface area contributed by atoms with Gasteiger partial charge in [-0.05, 0) is 51.2 Å². The van der Waals surface area contributed by atoms with Crippen LogP contribution in [0.4, 0.5) is 0 Å². The van der Waals surface area contributed by atoms with E-state index in [4.69, 9.17) is 21.1 Å². The highest BCUT2D eigenvalue weighted by molar-refractivity contribution is 6.32. The number of Topliss-reactive ketones (excluding diaryl/α,β-unsaturated/α-hetero) is 1. The average molecular weight is 406 g/mol. The summed E-state index contributed by atoms with van der Waals surface area (Å²) in [5.41, 5.74) is -0.277. The standard InChI is InChI=1S/C20H24ClN3O4/c1-19(2,3)28-18(26)14-5-6-15(22-17(14)21)24-10-7-16(23-24)27-12-13(25)11-20(4)8-9-20/h5-7,10H,8-9,11-12H2,1-4H3. The van der Waals surface area contributed by atoms with Gasteiger partial charge in [-0.2, -0.15) is 0 Å². The van der Waals surface area contributed by atoms with Gasteiger partial charge in [-0.3, -0.25) is 4.79 Å². The molecule has 2 aromatic heterocycles. The summed E-state index contributed by atoms with van der Waals surface area (Å²) >= 11 is 6.15. The molecule has 0 aliphatic heterocycles. The molecule has 0 unspecified atom stereocenters. The molecular formula is C20H24ClN3O4. The fraction of sp³-hybridized carbons (Fsp3) is 0.500. The molecule has 0 amide bonds. The molecule has 1 saturated carbocycles. The number of ether oxygens (including phenoxy) is 2. The summed E-state index contributed by atoms with van der Waals surface area (Å²) in [5.74, 6) is 0.272. The molecular weight excluding hydrogens is 382 g/mol. The summed E-state index contributed by atoms with van der Waals surface area (Å²) in [6, 6.07) is 4.80. The van der Waals surface area contributed by atoms with E-state index < -0.39 is 11.6 Å². The predicted octanol–water partition coefficient (Wildman–Crippen LogP) is 4.01. The van der Waals surface area contributed by atoms with Gasteiger partial charge in [-0.25, -0.2) is 14.5 Å². The lowest BCUT2D eigenvalue weighted by molar-refractivity contribution is -0.122. The summed E-state index contributed by atoms with van der Waals surface area (Å²) in [4.78, 5) is 28.3. The molecule has 0 aromatic carbocycles. The first-order valence-electron chi connectivity index (χ1n) is 9.15. The Morgan fingerprint density at radius 3 is 2.57 bits per heavy atom. The maximum Gasteiger partial charge on any atom is 0.341 e. The molecule has 0 bridgehead atoms. The molecule has 1 aliphatic carbocycles. The number of rotatable bonds is 7. The third-order valence-corrected chi connectivity index (χ3v) is 4.65. The Kier molecular flexibility index (Phi) is 5.48. The molecule has 0 spiro atoms. The van der Waals surface area contributed by atoms with Crippen molar-refractivity contribution in [1.82, 2.24) is 14.8 Å². The molecule has 150 valence electrons. The van der Waals surface area contributed by atoms with E-state index in [1.54, 1.807) is 45.2 Å². The Morgan fingerprint density at radius 1 is 1.25 bits per heavy atom. The molecule has 7 nitrogen and oxygen atoms in total. The number of aromatic nitrogens is 3. The number of carbonyl (C=O) groups excluding carboxylic acids is 2. The second kappa shape index (κ2) is 7.54. The number of pyridine rings is 1. The lowest BCUT2D eigenvalue weighted by Crippen LogP contribution is -2.24. The van der Waals surface area contributed by atoms with Gasteiger partial charge in [0.05, 0.1) is 5.56 Å². The number of ketones is 1. The Morgan fingerprint density at radius 2 is 1.96 bits per heavy atom. The lowest BCUT2D eigenvalue weighted by atomic mass is 10.0. The summed E-state index contributed by atoms with van der Waals surface area (Å²) in [5, 5.41) is 4.27. The zero-order chi connectivity index (χ0) is 20.5. The van der Waals surface area contributed by atoms with Crippen molar-refractivity contribution >= 4 is 23.4 Å². The summed E-state index contributed by atoms with van der Waals surface area (Å²) in [7, 11) is 0. The van der Waals surface area contributed by atoms with Crippen LogP contribution < -0.4 is 4.74 Å². The van der Waals surface area contributed by atoms with Crippen LogP contribution in [0.3, 0.4) is 0 Å². The molecule has 8 heteroatoms. The van der Waals surface area contributed by atoms with Gasteiger partial charge in [0, 0.05) is 18.7 Å². The third-order valence-electron chi connectivity index (χ3n) is 4.36. The SMILES string of the molecule is CC1(CC(=O)COc2ccn(-c3ccc(C(=O)OC(C)(C)C)c(Cl)n3)n2)CC1. The van der Waals surface area contributed by atoms with E-state index in [1.165, 1.54) is 4.68 Å². The molecule has 28 heavy (non-hydrogen) atoms. The monoisotopic (exact) mass is 405 g/mol. The Balaban J connectivity index is 1.63. The van der Waals surface area contributed by atoms with Gasteiger partial charge in [0.1, 0.15) is 17.4 Å². The van der Waals surface area contributed by atoms with Crippen molar-refractivity contribution in [3.05, 3.63) is 35.1 Å². The van der Waals surface area contributed by atoms with Gasteiger partial charge in [0.15, 0.2) is 11.6 Å². The van der Waals surface area contributed by atoms with Crippen LogP contribution in [-0.2, 0) is 9.53 Å². The maximum atomic E-state index is 12.2. The van der Waals surface area contributed by atoms with Crippen LogP contribution in [0.15, 0.2) is 24.4 Å². The van der Waals surface area contributed by atoms with E-state index in [2.05, 4.69) is 17.0 Å². The number of nitrogens with zero attached hydrogens (tertiary/aromatic N) is 3. The zero-order valence-corrected chi connectivity index (χ0v) is 17.2. The van der Waals surface area contributed by atoms with Crippen LogP contribution >= 0.6 is 11.6 Å². The van der Waals surface area contributed by atoms with E-state index in [-0.39, 0.29) is 28.5 Å². The van der Waals surface area contributed by atoms with E-state index in [0.717, 1.165) is 12.8 Å². The van der Waals surface area contributed by atoms with Gasteiger partial charge >= 0.3 is 5.97 Å². The number of esters is 1. The van der Waals surface area contributed by atoms with Crippen molar-refractivity contribution < 1.29 is 19.1 Å². The highest BCUT2D eigenvalue weighted by atomic mass is 35.5. The Labute approximate surface area is 169 Å². The molecule has 0 N–H and O–H groups in total. The summed E-state index contributed by atoms with van der Waals surface area (Å²) in [6.45, 7) is 7.44. The molecule has 1 fully saturated rings. The number of carbonyl (C=O) groups is 2. The van der Waals surface area contributed by atoms with Crippen LogP contribution in [0.1, 0.15) is 57.3 Å². The van der Waals surface area contributed by atoms with Crippen molar-refractivity contribution in [1.29, 1.82) is 0 Å². The minimum Gasteiger partial charge on any atom is -0.469 e. The molecule has 0 atom stereocenters. The first kappa shape index (κ1) is 20.3.